The lowest BCUT2D eigenvalue weighted by Crippen LogP contribution is -2.36. The first kappa shape index (κ1) is 19.2. The minimum Gasteiger partial charge on any atom is -0.448 e. The third-order valence-corrected chi connectivity index (χ3v) is 5.35. The topological polar surface area (TPSA) is 73.9 Å². The van der Waals surface area contributed by atoms with Crippen LogP contribution < -0.4 is 10.6 Å². The predicted molar refractivity (Wildman–Crippen MR) is 106 cm³/mol. The number of hydrogen-bond donors (Lipinski definition) is 2. The first-order chi connectivity index (χ1) is 13.0. The second-order valence-corrected chi connectivity index (χ2v) is 7.54. The van der Waals surface area contributed by atoms with E-state index in [1.165, 1.54) is 4.88 Å². The van der Waals surface area contributed by atoms with Crippen LogP contribution in [0.2, 0.25) is 0 Å². The molecule has 0 unspecified atom stereocenters. The third-order valence-electron chi connectivity index (χ3n) is 4.38. The van der Waals surface area contributed by atoms with Crippen LogP contribution in [0.25, 0.3) is 0 Å². The normalized spacial score (nSPS) is 14.9. The number of ether oxygens (including phenoxy) is 1. The first-order valence-electron chi connectivity index (χ1n) is 8.78. The Hall–Kier alpha value is -2.58. The van der Waals surface area contributed by atoms with Crippen LogP contribution in [0.5, 0.6) is 0 Å². The average Bonchev–Trinajstić information content (AvgIpc) is 3.29. The summed E-state index contributed by atoms with van der Waals surface area (Å²) >= 11 is 1.68. The van der Waals surface area contributed by atoms with Crippen molar-refractivity contribution in [1.82, 2.24) is 15.1 Å². The molecule has 2 N–H and O–H groups in total. The summed E-state index contributed by atoms with van der Waals surface area (Å²) in [6.07, 6.45) is -0.280. The summed E-state index contributed by atoms with van der Waals surface area (Å²) < 4.78 is 4.92. The highest BCUT2D eigenvalue weighted by Gasteiger charge is 2.21. The quantitative estimate of drug-likeness (QED) is 0.764. The second kappa shape index (κ2) is 8.88. The van der Waals surface area contributed by atoms with Gasteiger partial charge in [-0.2, -0.15) is 0 Å². The summed E-state index contributed by atoms with van der Waals surface area (Å²) in [7, 11) is 4.00. The van der Waals surface area contributed by atoms with Crippen molar-refractivity contribution >= 4 is 29.1 Å². The molecule has 1 aliphatic rings. The largest absolute Gasteiger partial charge is 0.448 e. The van der Waals surface area contributed by atoms with Gasteiger partial charge in [0.15, 0.2) is 0 Å². The zero-order valence-corrected chi connectivity index (χ0v) is 16.3. The van der Waals surface area contributed by atoms with Crippen molar-refractivity contribution in [3.8, 4) is 0 Å². The smallest absolute Gasteiger partial charge is 0.410 e. The molecule has 0 saturated carbocycles. The highest BCUT2D eigenvalue weighted by atomic mass is 32.1. The molecule has 1 fully saturated rings. The fraction of sp³-hybridized carbons (Fsp3) is 0.368. The Morgan fingerprint density at radius 3 is 2.67 bits per heavy atom. The lowest BCUT2D eigenvalue weighted by molar-refractivity contribution is 0.157. The molecule has 0 spiro atoms. The van der Waals surface area contributed by atoms with E-state index in [1.807, 2.05) is 49.8 Å². The first-order valence-corrected chi connectivity index (χ1v) is 9.66. The maximum atomic E-state index is 12.2. The molecule has 1 aliphatic heterocycles. The van der Waals surface area contributed by atoms with Crippen molar-refractivity contribution in [2.45, 2.75) is 12.6 Å². The zero-order valence-electron chi connectivity index (χ0n) is 15.5. The number of rotatable bonds is 7. The molecule has 2 heterocycles. The molecule has 1 aromatic carbocycles. The minimum atomic E-state index is -0.280. The third kappa shape index (κ3) is 5.21. The SMILES string of the molecule is CN(C)[C@H](CNC(=O)Nc1ccc(CN2CCOC2=O)cc1)c1cccs1. The molecular weight excluding hydrogens is 364 g/mol. The molecule has 1 saturated heterocycles. The predicted octanol–water partition coefficient (Wildman–Crippen LogP) is 3.12. The molecule has 1 aromatic heterocycles. The van der Waals surface area contributed by atoms with Gasteiger partial charge in [0.25, 0.3) is 0 Å². The van der Waals surface area contributed by atoms with Crippen molar-refractivity contribution in [3.05, 3.63) is 52.2 Å². The number of hydrogen-bond acceptors (Lipinski definition) is 5. The van der Waals surface area contributed by atoms with E-state index in [1.54, 1.807) is 16.2 Å². The number of nitrogens with zero attached hydrogens (tertiary/aromatic N) is 2. The number of benzene rings is 1. The molecule has 0 aliphatic carbocycles. The molecule has 3 rings (SSSR count). The maximum absolute atomic E-state index is 12.2. The molecule has 144 valence electrons. The maximum Gasteiger partial charge on any atom is 0.410 e. The summed E-state index contributed by atoms with van der Waals surface area (Å²) in [5.41, 5.74) is 1.70. The number of anilines is 1. The van der Waals surface area contributed by atoms with Gasteiger partial charge in [0, 0.05) is 23.7 Å². The van der Waals surface area contributed by atoms with Crippen LogP contribution in [0, 0.1) is 0 Å². The number of cyclic esters (lactones) is 1. The van der Waals surface area contributed by atoms with Crippen molar-refractivity contribution in [2.75, 3.05) is 39.1 Å². The summed E-state index contributed by atoms with van der Waals surface area (Å²) in [5, 5.41) is 7.80. The van der Waals surface area contributed by atoms with Crippen molar-refractivity contribution in [2.24, 2.45) is 0 Å². The number of likely N-dealkylation sites (N-methyl/N-ethyl adjacent to an activating group) is 1. The Labute approximate surface area is 162 Å². The minimum absolute atomic E-state index is 0.137. The van der Waals surface area contributed by atoms with E-state index in [4.69, 9.17) is 4.74 Å². The summed E-state index contributed by atoms with van der Waals surface area (Å²) in [4.78, 5) is 28.7. The summed E-state index contributed by atoms with van der Waals surface area (Å²) in [6.45, 7) is 2.09. The average molecular weight is 388 g/mol. The lowest BCUT2D eigenvalue weighted by atomic mass is 10.2. The van der Waals surface area contributed by atoms with Gasteiger partial charge < -0.3 is 25.2 Å². The van der Waals surface area contributed by atoms with Gasteiger partial charge in [-0.3, -0.25) is 0 Å². The zero-order chi connectivity index (χ0) is 19.2. The molecular formula is C19H24N4O3S. The molecule has 8 heteroatoms. The molecule has 27 heavy (non-hydrogen) atoms. The van der Waals surface area contributed by atoms with Crippen LogP contribution in [0.15, 0.2) is 41.8 Å². The highest BCUT2D eigenvalue weighted by Crippen LogP contribution is 2.22. The molecule has 1 atom stereocenters. The van der Waals surface area contributed by atoms with Gasteiger partial charge in [0.05, 0.1) is 12.6 Å². The van der Waals surface area contributed by atoms with Gasteiger partial charge in [-0.05, 0) is 43.2 Å². The van der Waals surface area contributed by atoms with E-state index in [2.05, 4.69) is 21.6 Å². The molecule has 3 amide bonds. The van der Waals surface area contributed by atoms with Gasteiger partial charge in [-0.25, -0.2) is 9.59 Å². The van der Waals surface area contributed by atoms with E-state index < -0.39 is 0 Å². The molecule has 7 nitrogen and oxygen atoms in total. The number of thiophene rings is 1. The monoisotopic (exact) mass is 388 g/mol. The summed E-state index contributed by atoms with van der Waals surface area (Å²) in [6, 6.07) is 11.4. The number of nitrogens with one attached hydrogen (secondary N) is 2. The van der Waals surface area contributed by atoms with Gasteiger partial charge in [0.1, 0.15) is 6.61 Å². The van der Waals surface area contributed by atoms with Crippen LogP contribution in [-0.2, 0) is 11.3 Å². The number of amides is 3. The van der Waals surface area contributed by atoms with Crippen molar-refractivity contribution < 1.29 is 14.3 Å². The Balaban J connectivity index is 1.49. The van der Waals surface area contributed by atoms with E-state index in [9.17, 15) is 9.59 Å². The molecule has 0 radical (unpaired) electrons. The van der Waals surface area contributed by atoms with E-state index in [0.29, 0.717) is 31.9 Å². The number of carbonyl (C=O) groups excluding carboxylic acids is 2. The Morgan fingerprint density at radius 2 is 2.07 bits per heavy atom. The van der Waals surface area contributed by atoms with Crippen molar-refractivity contribution in [3.63, 3.8) is 0 Å². The van der Waals surface area contributed by atoms with Gasteiger partial charge >= 0.3 is 12.1 Å². The number of urea groups is 1. The molecule has 0 bridgehead atoms. The van der Waals surface area contributed by atoms with Crippen LogP contribution in [0.3, 0.4) is 0 Å². The van der Waals surface area contributed by atoms with Crippen LogP contribution in [-0.4, -0.2) is 55.7 Å². The van der Waals surface area contributed by atoms with Crippen LogP contribution in [0.4, 0.5) is 15.3 Å². The van der Waals surface area contributed by atoms with E-state index >= 15 is 0 Å². The second-order valence-electron chi connectivity index (χ2n) is 6.56. The van der Waals surface area contributed by atoms with Crippen LogP contribution >= 0.6 is 11.3 Å². The van der Waals surface area contributed by atoms with Gasteiger partial charge in [-0.1, -0.05) is 18.2 Å². The molecule has 2 aromatic rings. The standard InChI is InChI=1S/C19H24N4O3S/c1-22(2)16(17-4-3-11-27-17)12-20-18(24)21-15-7-5-14(6-8-15)13-23-9-10-26-19(23)25/h3-8,11,16H,9-10,12-13H2,1-2H3,(H2,20,21,24)/t16-/m1/s1. The van der Waals surface area contributed by atoms with Gasteiger partial charge in [-0.15, -0.1) is 11.3 Å². The van der Waals surface area contributed by atoms with E-state index in [0.717, 1.165) is 5.56 Å². The Morgan fingerprint density at radius 1 is 1.30 bits per heavy atom. The summed E-state index contributed by atoms with van der Waals surface area (Å²) in [5.74, 6) is 0. The van der Waals surface area contributed by atoms with Gasteiger partial charge in [0.2, 0.25) is 0 Å². The number of carbonyl (C=O) groups is 2. The fourth-order valence-corrected chi connectivity index (χ4v) is 3.79. The Kier molecular flexibility index (Phi) is 6.31. The fourth-order valence-electron chi connectivity index (χ4n) is 2.87. The lowest BCUT2D eigenvalue weighted by Gasteiger charge is -2.23. The van der Waals surface area contributed by atoms with Crippen LogP contribution in [0.1, 0.15) is 16.5 Å². The highest BCUT2D eigenvalue weighted by molar-refractivity contribution is 7.10. The van der Waals surface area contributed by atoms with E-state index in [-0.39, 0.29) is 18.2 Å². The van der Waals surface area contributed by atoms with Crippen molar-refractivity contribution in [1.29, 1.82) is 0 Å². The Bertz CT molecular complexity index is 762.